The van der Waals surface area contributed by atoms with E-state index in [4.69, 9.17) is 5.11 Å². The van der Waals surface area contributed by atoms with Crippen LogP contribution in [0, 0.1) is 0 Å². The highest BCUT2D eigenvalue weighted by molar-refractivity contribution is 5.96. The third-order valence-electron chi connectivity index (χ3n) is 3.48. The molecule has 2 rings (SSSR count). The van der Waals surface area contributed by atoms with Crippen LogP contribution in [-0.4, -0.2) is 24.2 Å². The van der Waals surface area contributed by atoms with Gasteiger partial charge in [0.1, 0.15) is 0 Å². The Morgan fingerprint density at radius 2 is 1.83 bits per heavy atom. The number of rotatable bonds is 6. The van der Waals surface area contributed by atoms with E-state index in [2.05, 4.69) is 6.07 Å². The Balaban J connectivity index is 1.93. The third kappa shape index (κ3) is 3.10. The molecule has 0 atom stereocenters. The summed E-state index contributed by atoms with van der Waals surface area (Å²) in [6, 6.07) is 8.19. The quantitative estimate of drug-likeness (QED) is 0.785. The number of hydrogen-bond acceptors (Lipinski definition) is 2. The smallest absolute Gasteiger partial charge is 0.227 e. The largest absolute Gasteiger partial charge is 0.396 e. The molecule has 1 N–H and O–H groups in total. The molecule has 1 aliphatic rings. The number of aliphatic hydroxyl groups is 1. The number of amides is 1. The van der Waals surface area contributed by atoms with Crippen molar-refractivity contribution in [2.24, 2.45) is 0 Å². The first-order valence-corrected chi connectivity index (χ1v) is 6.82. The van der Waals surface area contributed by atoms with Crippen LogP contribution in [0.4, 0.5) is 5.69 Å². The number of nitrogens with zero attached hydrogens (tertiary/aromatic N) is 1. The molecule has 0 radical (unpaired) electrons. The molecule has 18 heavy (non-hydrogen) atoms. The summed E-state index contributed by atoms with van der Waals surface area (Å²) < 4.78 is 0. The second-order valence-electron chi connectivity index (χ2n) is 4.81. The number of anilines is 1. The van der Waals surface area contributed by atoms with Gasteiger partial charge in [-0.05, 0) is 30.9 Å². The fourth-order valence-electron chi connectivity index (χ4n) is 2.48. The molecule has 1 amide bonds. The van der Waals surface area contributed by atoms with Gasteiger partial charge in [-0.1, -0.05) is 31.0 Å². The van der Waals surface area contributed by atoms with Gasteiger partial charge in [0, 0.05) is 25.3 Å². The third-order valence-corrected chi connectivity index (χ3v) is 3.48. The lowest BCUT2D eigenvalue weighted by Gasteiger charge is -2.29. The maximum Gasteiger partial charge on any atom is 0.227 e. The van der Waals surface area contributed by atoms with Crippen molar-refractivity contribution in [2.75, 3.05) is 18.1 Å². The summed E-state index contributed by atoms with van der Waals surface area (Å²) in [5, 5.41) is 8.72. The average molecular weight is 247 g/mol. The van der Waals surface area contributed by atoms with E-state index in [9.17, 15) is 4.79 Å². The molecule has 1 aliphatic heterocycles. The molecule has 0 saturated heterocycles. The fraction of sp³-hybridized carbons (Fsp3) is 0.533. The van der Waals surface area contributed by atoms with Crippen LogP contribution < -0.4 is 4.90 Å². The lowest BCUT2D eigenvalue weighted by atomic mass is 10.0. The predicted molar refractivity (Wildman–Crippen MR) is 72.7 cm³/mol. The van der Waals surface area contributed by atoms with Crippen molar-refractivity contribution in [1.29, 1.82) is 0 Å². The van der Waals surface area contributed by atoms with Crippen molar-refractivity contribution in [1.82, 2.24) is 0 Å². The van der Waals surface area contributed by atoms with E-state index in [0.717, 1.165) is 44.3 Å². The van der Waals surface area contributed by atoms with Crippen LogP contribution in [0.15, 0.2) is 24.3 Å². The normalized spacial score (nSPS) is 14.7. The lowest BCUT2D eigenvalue weighted by molar-refractivity contribution is -0.118. The number of carbonyl (C=O) groups excluding carboxylic acids is 1. The van der Waals surface area contributed by atoms with Crippen molar-refractivity contribution >= 4 is 11.6 Å². The van der Waals surface area contributed by atoms with E-state index in [1.165, 1.54) is 5.56 Å². The number of hydrogen-bond donors (Lipinski definition) is 1. The van der Waals surface area contributed by atoms with Gasteiger partial charge < -0.3 is 10.0 Å². The molecule has 0 unspecified atom stereocenters. The first-order chi connectivity index (χ1) is 8.83. The SMILES string of the molecule is O=C1CCc2ccccc2N1CCCCCCO. The highest BCUT2D eigenvalue weighted by atomic mass is 16.2. The summed E-state index contributed by atoms with van der Waals surface area (Å²) >= 11 is 0. The van der Waals surface area contributed by atoms with Gasteiger partial charge in [-0.15, -0.1) is 0 Å². The van der Waals surface area contributed by atoms with Crippen LogP contribution in [0.1, 0.15) is 37.7 Å². The van der Waals surface area contributed by atoms with Crippen LogP contribution in [0.5, 0.6) is 0 Å². The minimum Gasteiger partial charge on any atom is -0.396 e. The summed E-state index contributed by atoms with van der Waals surface area (Å²) in [4.78, 5) is 13.9. The fourth-order valence-corrected chi connectivity index (χ4v) is 2.48. The van der Waals surface area contributed by atoms with E-state index in [1.807, 2.05) is 23.1 Å². The zero-order valence-corrected chi connectivity index (χ0v) is 10.8. The van der Waals surface area contributed by atoms with Crippen molar-refractivity contribution in [3.8, 4) is 0 Å². The van der Waals surface area contributed by atoms with E-state index < -0.39 is 0 Å². The Labute approximate surface area is 108 Å². The van der Waals surface area contributed by atoms with E-state index in [1.54, 1.807) is 0 Å². The number of fused-ring (bicyclic) bond motifs is 1. The highest BCUT2D eigenvalue weighted by Crippen LogP contribution is 2.27. The monoisotopic (exact) mass is 247 g/mol. The Kier molecular flexibility index (Phi) is 4.76. The molecule has 1 heterocycles. The number of para-hydroxylation sites is 1. The van der Waals surface area contributed by atoms with Gasteiger partial charge in [-0.3, -0.25) is 4.79 Å². The van der Waals surface area contributed by atoms with Crippen molar-refractivity contribution in [3.63, 3.8) is 0 Å². The summed E-state index contributed by atoms with van der Waals surface area (Å²) in [5.74, 6) is 0.246. The second kappa shape index (κ2) is 6.55. The Morgan fingerprint density at radius 3 is 2.67 bits per heavy atom. The molecule has 0 aliphatic carbocycles. The van der Waals surface area contributed by atoms with Crippen LogP contribution in [0.2, 0.25) is 0 Å². The molecule has 0 saturated carbocycles. The molecular formula is C15H21NO2. The summed E-state index contributed by atoms with van der Waals surface area (Å²) in [7, 11) is 0. The van der Waals surface area contributed by atoms with Crippen molar-refractivity contribution < 1.29 is 9.90 Å². The molecule has 0 spiro atoms. The molecule has 98 valence electrons. The van der Waals surface area contributed by atoms with Gasteiger partial charge in [-0.25, -0.2) is 0 Å². The minimum atomic E-state index is 0.246. The van der Waals surface area contributed by atoms with Gasteiger partial charge in [0.15, 0.2) is 0 Å². The van der Waals surface area contributed by atoms with E-state index >= 15 is 0 Å². The molecule has 0 bridgehead atoms. The standard InChI is InChI=1S/C15H21NO2/c17-12-6-2-1-5-11-16-14-8-4-3-7-13(14)9-10-15(16)18/h3-4,7-8,17H,1-2,5-6,9-12H2. The summed E-state index contributed by atoms with van der Waals surface area (Å²) in [6.45, 7) is 1.08. The van der Waals surface area contributed by atoms with Crippen molar-refractivity contribution in [2.45, 2.75) is 38.5 Å². The molecular weight excluding hydrogens is 226 g/mol. The van der Waals surface area contributed by atoms with Crippen LogP contribution in [0.25, 0.3) is 0 Å². The van der Waals surface area contributed by atoms with Crippen LogP contribution in [-0.2, 0) is 11.2 Å². The molecule has 3 nitrogen and oxygen atoms in total. The Morgan fingerprint density at radius 1 is 1.06 bits per heavy atom. The molecule has 1 aromatic rings. The first-order valence-electron chi connectivity index (χ1n) is 6.82. The number of benzene rings is 1. The molecule has 1 aromatic carbocycles. The summed E-state index contributed by atoms with van der Waals surface area (Å²) in [6.07, 6.45) is 5.50. The van der Waals surface area contributed by atoms with E-state index in [-0.39, 0.29) is 12.5 Å². The van der Waals surface area contributed by atoms with Crippen LogP contribution >= 0.6 is 0 Å². The molecule has 3 heteroatoms. The zero-order valence-electron chi connectivity index (χ0n) is 10.8. The van der Waals surface area contributed by atoms with Gasteiger partial charge >= 0.3 is 0 Å². The maximum atomic E-state index is 12.0. The number of aryl methyl sites for hydroxylation is 1. The topological polar surface area (TPSA) is 40.5 Å². The van der Waals surface area contributed by atoms with Gasteiger partial charge in [0.2, 0.25) is 5.91 Å². The number of unbranched alkanes of at least 4 members (excludes halogenated alkanes) is 3. The Bertz CT molecular complexity index is 403. The highest BCUT2D eigenvalue weighted by Gasteiger charge is 2.22. The zero-order chi connectivity index (χ0) is 12.8. The van der Waals surface area contributed by atoms with Gasteiger partial charge in [-0.2, -0.15) is 0 Å². The van der Waals surface area contributed by atoms with Crippen molar-refractivity contribution in [3.05, 3.63) is 29.8 Å². The number of carbonyl (C=O) groups is 1. The summed E-state index contributed by atoms with van der Waals surface area (Å²) in [5.41, 5.74) is 2.38. The first kappa shape index (κ1) is 13.1. The average Bonchev–Trinajstić information content (AvgIpc) is 2.41. The van der Waals surface area contributed by atoms with E-state index in [0.29, 0.717) is 6.42 Å². The second-order valence-corrected chi connectivity index (χ2v) is 4.81. The predicted octanol–water partition coefficient (Wildman–Crippen LogP) is 2.52. The maximum absolute atomic E-state index is 12.0. The number of aliphatic hydroxyl groups excluding tert-OH is 1. The molecule has 0 aromatic heterocycles. The minimum absolute atomic E-state index is 0.246. The van der Waals surface area contributed by atoms with Crippen LogP contribution in [0.3, 0.4) is 0 Å². The Hall–Kier alpha value is -1.35. The van der Waals surface area contributed by atoms with Gasteiger partial charge in [0.25, 0.3) is 0 Å². The molecule has 0 fully saturated rings. The van der Waals surface area contributed by atoms with Gasteiger partial charge in [0.05, 0.1) is 0 Å². The lowest BCUT2D eigenvalue weighted by Crippen LogP contribution is -2.35.